The number of H-pyrrole nitrogens is 1. The van der Waals surface area contributed by atoms with E-state index in [9.17, 15) is 9.59 Å². The molecule has 178 valence electrons. The molecule has 1 amide bonds. The van der Waals surface area contributed by atoms with Crippen molar-refractivity contribution in [3.63, 3.8) is 0 Å². The highest BCUT2D eigenvalue weighted by molar-refractivity contribution is 7.17. The molecule has 2 aromatic carbocycles. The van der Waals surface area contributed by atoms with Crippen LogP contribution >= 0.6 is 22.9 Å². The molecule has 0 aliphatic heterocycles. The third kappa shape index (κ3) is 4.63. The number of fused-ring (bicyclic) bond motifs is 3. The van der Waals surface area contributed by atoms with Crippen LogP contribution in [0.4, 0.5) is 4.79 Å². The Morgan fingerprint density at radius 2 is 1.91 bits per heavy atom. The Bertz CT molecular complexity index is 1420. The van der Waals surface area contributed by atoms with Crippen LogP contribution < -0.4 is 15.6 Å². The minimum atomic E-state index is -0.563. The third-order valence-electron chi connectivity index (χ3n) is 5.54. The van der Waals surface area contributed by atoms with Crippen LogP contribution in [0.1, 0.15) is 45.7 Å². The molecule has 34 heavy (non-hydrogen) atoms. The van der Waals surface area contributed by atoms with Crippen LogP contribution in [0.15, 0.2) is 46.6 Å². The summed E-state index contributed by atoms with van der Waals surface area (Å²) in [5, 5.41) is 6.94. The number of carbonyl (C=O) groups excluding carboxylic acids is 1. The van der Waals surface area contributed by atoms with E-state index in [0.29, 0.717) is 27.4 Å². The number of aromatic amines is 1. The summed E-state index contributed by atoms with van der Waals surface area (Å²) < 4.78 is 11.7. The first kappa shape index (κ1) is 24.1. The highest BCUT2D eigenvalue weighted by Gasteiger charge is 2.21. The second-order valence-corrected chi connectivity index (χ2v) is 10.4. The van der Waals surface area contributed by atoms with Crippen molar-refractivity contribution in [2.75, 3.05) is 7.11 Å². The lowest BCUT2D eigenvalue weighted by atomic mass is 9.95. The van der Waals surface area contributed by atoms with Crippen LogP contribution in [-0.4, -0.2) is 23.8 Å². The van der Waals surface area contributed by atoms with Gasteiger partial charge < -0.3 is 19.8 Å². The van der Waals surface area contributed by atoms with E-state index >= 15 is 0 Å². The molecule has 0 saturated carbocycles. The van der Waals surface area contributed by atoms with Crippen LogP contribution in [0, 0.1) is 0 Å². The maximum atomic E-state index is 12.6. The molecule has 4 rings (SSSR count). The highest BCUT2D eigenvalue weighted by Crippen LogP contribution is 2.43. The second kappa shape index (κ2) is 9.31. The number of nitrogens with one attached hydrogen (secondary N) is 2. The van der Waals surface area contributed by atoms with E-state index in [-0.39, 0.29) is 11.6 Å². The lowest BCUT2D eigenvalue weighted by molar-refractivity contribution is 0.0502. The Morgan fingerprint density at radius 1 is 1.21 bits per heavy atom. The number of benzene rings is 2. The normalized spacial score (nSPS) is 12.6. The lowest BCUT2D eigenvalue weighted by Crippen LogP contribution is -2.34. The van der Waals surface area contributed by atoms with E-state index in [1.165, 1.54) is 11.3 Å². The first-order valence-corrected chi connectivity index (χ1v) is 12.3. The van der Waals surface area contributed by atoms with Crippen molar-refractivity contribution < 1.29 is 14.3 Å². The van der Waals surface area contributed by atoms with Crippen molar-refractivity contribution in [3.8, 4) is 16.9 Å². The van der Waals surface area contributed by atoms with Gasteiger partial charge in [0.2, 0.25) is 0 Å². The topological polar surface area (TPSA) is 80.4 Å². The minimum absolute atomic E-state index is 0.162. The van der Waals surface area contributed by atoms with E-state index in [1.54, 1.807) is 13.2 Å². The number of ether oxygens (including phenoxy) is 2. The first-order valence-electron chi connectivity index (χ1n) is 11.0. The first-order chi connectivity index (χ1) is 16.1. The highest BCUT2D eigenvalue weighted by atomic mass is 35.5. The number of carbonyl (C=O) groups is 1. The summed E-state index contributed by atoms with van der Waals surface area (Å²) in [5.41, 5.74) is 2.57. The Hall–Kier alpha value is -3.03. The zero-order valence-electron chi connectivity index (χ0n) is 19.7. The van der Waals surface area contributed by atoms with Crippen molar-refractivity contribution in [2.45, 2.75) is 45.8 Å². The van der Waals surface area contributed by atoms with E-state index in [2.05, 4.69) is 10.3 Å². The van der Waals surface area contributed by atoms with E-state index in [0.717, 1.165) is 27.5 Å². The fraction of sp³-hybridized carbons (Fsp3) is 0.308. The number of amides is 1. The Labute approximate surface area is 206 Å². The van der Waals surface area contributed by atoms with Gasteiger partial charge in [-0.05, 0) is 49.8 Å². The molecule has 2 aromatic heterocycles. The van der Waals surface area contributed by atoms with Crippen molar-refractivity contribution in [3.05, 3.63) is 62.7 Å². The van der Waals surface area contributed by atoms with Crippen LogP contribution in [0.5, 0.6) is 5.75 Å². The Morgan fingerprint density at radius 3 is 2.53 bits per heavy atom. The average molecular weight is 499 g/mol. The van der Waals surface area contributed by atoms with Crippen molar-refractivity contribution in [1.29, 1.82) is 0 Å². The molecule has 0 bridgehead atoms. The molecular formula is C26H27ClN2O4S. The predicted molar refractivity (Wildman–Crippen MR) is 139 cm³/mol. The molecule has 1 unspecified atom stereocenters. The van der Waals surface area contributed by atoms with Crippen LogP contribution in [0.2, 0.25) is 5.02 Å². The second-order valence-electron chi connectivity index (χ2n) is 9.03. The third-order valence-corrected chi connectivity index (χ3v) is 6.75. The molecule has 0 saturated heterocycles. The largest absolute Gasteiger partial charge is 0.496 e. The van der Waals surface area contributed by atoms with Crippen molar-refractivity contribution in [2.24, 2.45) is 0 Å². The number of pyridine rings is 1. The van der Waals surface area contributed by atoms with E-state index in [1.807, 2.05) is 63.4 Å². The quantitative estimate of drug-likeness (QED) is 0.309. The van der Waals surface area contributed by atoms with Gasteiger partial charge in [0.1, 0.15) is 16.1 Å². The van der Waals surface area contributed by atoms with Gasteiger partial charge in [0, 0.05) is 22.4 Å². The molecule has 0 radical (unpaired) electrons. The van der Waals surface area contributed by atoms with Gasteiger partial charge in [-0.15, -0.1) is 11.3 Å². The van der Waals surface area contributed by atoms with Gasteiger partial charge in [0.15, 0.2) is 0 Å². The summed E-state index contributed by atoms with van der Waals surface area (Å²) in [6.45, 7) is 7.52. The molecule has 6 nitrogen and oxygen atoms in total. The van der Waals surface area contributed by atoms with Gasteiger partial charge >= 0.3 is 6.09 Å². The van der Waals surface area contributed by atoms with Crippen LogP contribution in [0.25, 0.3) is 32.1 Å². The molecule has 0 aliphatic carbocycles. The van der Waals surface area contributed by atoms with E-state index < -0.39 is 11.7 Å². The summed E-state index contributed by atoms with van der Waals surface area (Å²) in [6.07, 6.45) is 0.264. The number of rotatable bonds is 5. The maximum absolute atomic E-state index is 12.6. The van der Waals surface area contributed by atoms with Gasteiger partial charge in [0.05, 0.1) is 23.7 Å². The van der Waals surface area contributed by atoms with Gasteiger partial charge in [-0.3, -0.25) is 4.79 Å². The maximum Gasteiger partial charge on any atom is 0.408 e. The molecule has 2 heterocycles. The summed E-state index contributed by atoms with van der Waals surface area (Å²) in [5.74, 6) is 0.615. The fourth-order valence-electron chi connectivity index (χ4n) is 4.07. The Balaban J connectivity index is 1.80. The van der Waals surface area contributed by atoms with Crippen molar-refractivity contribution >= 4 is 50.0 Å². The molecule has 0 fully saturated rings. The summed E-state index contributed by atoms with van der Waals surface area (Å²) >= 11 is 7.91. The zero-order chi connectivity index (χ0) is 24.6. The lowest BCUT2D eigenvalue weighted by Gasteiger charge is -2.23. The minimum Gasteiger partial charge on any atom is -0.496 e. The van der Waals surface area contributed by atoms with Crippen LogP contribution in [0.3, 0.4) is 0 Å². The number of aromatic nitrogens is 1. The summed E-state index contributed by atoms with van der Waals surface area (Å²) in [7, 11) is 1.60. The molecular weight excluding hydrogens is 472 g/mol. The zero-order valence-corrected chi connectivity index (χ0v) is 21.3. The SMILES string of the molecule is CCC(NC(=O)OC(C)(C)C)c1ccc(-c2c(OC)cc(Cl)c3[nH]c(=O)c4sccc4c23)cc1. The van der Waals surface area contributed by atoms with Gasteiger partial charge in [-0.1, -0.05) is 42.8 Å². The molecule has 1 atom stereocenters. The number of methoxy groups -OCH3 is 1. The van der Waals surface area contributed by atoms with E-state index in [4.69, 9.17) is 21.1 Å². The van der Waals surface area contributed by atoms with Gasteiger partial charge in [-0.2, -0.15) is 0 Å². The summed E-state index contributed by atoms with van der Waals surface area (Å²) in [6, 6.07) is 11.4. The number of hydrogen-bond acceptors (Lipinski definition) is 5. The van der Waals surface area contributed by atoms with Crippen LogP contribution in [-0.2, 0) is 4.74 Å². The number of alkyl carbamates (subject to hydrolysis) is 1. The summed E-state index contributed by atoms with van der Waals surface area (Å²) in [4.78, 5) is 27.8. The molecule has 0 aliphatic rings. The molecule has 8 heteroatoms. The monoisotopic (exact) mass is 498 g/mol. The number of hydrogen-bond donors (Lipinski definition) is 2. The fourth-order valence-corrected chi connectivity index (χ4v) is 5.11. The average Bonchev–Trinajstić information content (AvgIpc) is 3.28. The van der Waals surface area contributed by atoms with Gasteiger partial charge in [0.25, 0.3) is 5.56 Å². The predicted octanol–water partition coefficient (Wildman–Crippen LogP) is 7.05. The molecule has 2 N–H and O–H groups in total. The number of thiophene rings is 1. The van der Waals surface area contributed by atoms with Gasteiger partial charge in [-0.25, -0.2) is 4.79 Å². The standard InChI is InChI=1S/C26H27ClN2O4S/c1-6-18(28-25(31)33-26(2,3)4)14-7-9-15(10-8-14)20-19(32-5)13-17(27)22-21(20)16-11-12-34-23(16)24(30)29-22/h7-13,18H,6H2,1-5H3,(H,28,31)(H,29,30). The molecule has 0 spiro atoms. The van der Waals surface area contributed by atoms with Crippen molar-refractivity contribution in [1.82, 2.24) is 10.3 Å². The number of halogens is 1. The molecule has 4 aromatic rings. The smallest absolute Gasteiger partial charge is 0.408 e. The Kier molecular flexibility index (Phi) is 6.60.